The van der Waals surface area contributed by atoms with Crippen molar-refractivity contribution >= 4 is 24.2 Å². The molecule has 0 bridgehead atoms. The zero-order valence-corrected chi connectivity index (χ0v) is 14.4. The number of nitrogens with one attached hydrogen (secondary N) is 2. The van der Waals surface area contributed by atoms with Gasteiger partial charge in [-0.25, -0.2) is 15.9 Å². The van der Waals surface area contributed by atoms with Crippen LogP contribution in [0.2, 0.25) is 0 Å². The van der Waals surface area contributed by atoms with Gasteiger partial charge in [0.2, 0.25) is 0 Å². The molecular formula is C18H18N6O3. The normalized spacial score (nSPS) is 10.7. The predicted molar refractivity (Wildman–Crippen MR) is 102 cm³/mol. The molecular weight excluding hydrogens is 348 g/mol. The van der Waals surface area contributed by atoms with Gasteiger partial charge < -0.3 is 0 Å². The number of hydrogen-bond acceptors (Lipinski definition) is 6. The number of benzene rings is 2. The fourth-order valence-corrected chi connectivity index (χ4v) is 1.95. The van der Waals surface area contributed by atoms with Crippen LogP contribution in [0.5, 0.6) is 0 Å². The molecule has 0 heterocycles. The van der Waals surface area contributed by atoms with Crippen molar-refractivity contribution in [3.8, 4) is 0 Å². The Hall–Kier alpha value is -3.88. The van der Waals surface area contributed by atoms with Gasteiger partial charge >= 0.3 is 0 Å². The number of nitroso groups, excluding NO2 is 1. The van der Waals surface area contributed by atoms with Crippen molar-refractivity contribution in [2.24, 2.45) is 15.5 Å². The van der Waals surface area contributed by atoms with Crippen LogP contribution in [0.1, 0.15) is 11.1 Å². The Morgan fingerprint density at radius 3 is 1.56 bits per heavy atom. The number of nitrogens with zero attached hydrogens (tertiary/aromatic N) is 4. The Morgan fingerprint density at radius 1 is 0.778 bits per heavy atom. The lowest BCUT2D eigenvalue weighted by Gasteiger charge is -2.12. The maximum absolute atomic E-state index is 11.8. The lowest BCUT2D eigenvalue weighted by molar-refractivity contribution is -0.125. The second kappa shape index (κ2) is 10.9. The highest BCUT2D eigenvalue weighted by Gasteiger charge is 2.13. The van der Waals surface area contributed by atoms with Crippen molar-refractivity contribution in [3.05, 3.63) is 76.7 Å². The summed E-state index contributed by atoms with van der Waals surface area (Å²) in [6.45, 7) is -0.823. The predicted octanol–water partition coefficient (Wildman–Crippen LogP) is 1.27. The van der Waals surface area contributed by atoms with E-state index in [1.807, 2.05) is 60.7 Å². The topological polar surface area (TPSA) is 116 Å². The molecule has 138 valence electrons. The van der Waals surface area contributed by atoms with Gasteiger partial charge in [-0.2, -0.15) is 10.2 Å². The Bertz CT molecular complexity index is 743. The minimum absolute atomic E-state index is 0.411. The number of hydrogen-bond donors (Lipinski definition) is 2. The van der Waals surface area contributed by atoms with E-state index in [0.29, 0.717) is 0 Å². The van der Waals surface area contributed by atoms with Crippen LogP contribution in [0.3, 0.4) is 0 Å². The molecule has 27 heavy (non-hydrogen) atoms. The molecule has 0 saturated carbocycles. The van der Waals surface area contributed by atoms with Crippen LogP contribution < -0.4 is 10.9 Å². The monoisotopic (exact) mass is 366 g/mol. The highest BCUT2D eigenvalue weighted by molar-refractivity contribution is 5.84. The molecule has 2 aromatic rings. The highest BCUT2D eigenvalue weighted by atomic mass is 16.3. The van der Waals surface area contributed by atoms with E-state index in [1.165, 1.54) is 12.4 Å². The minimum Gasteiger partial charge on any atom is -0.271 e. The van der Waals surface area contributed by atoms with Crippen molar-refractivity contribution in [1.82, 2.24) is 15.9 Å². The standard InChI is InChI=1S/C18H18N6O3/c25-17(21-19-11-15-7-3-1-4-8-15)13-24(23-27)14-18(26)22-20-12-16-9-5-2-6-10-16/h1-12H,13-14H2,(H,21,25)(H,22,26)/b19-11-,20-12-. The summed E-state index contributed by atoms with van der Waals surface area (Å²) in [6.07, 6.45) is 2.92. The van der Waals surface area contributed by atoms with Crippen LogP contribution in [0.15, 0.2) is 76.2 Å². The van der Waals surface area contributed by atoms with E-state index in [9.17, 15) is 14.5 Å². The minimum atomic E-state index is -0.581. The van der Waals surface area contributed by atoms with Gasteiger partial charge in [-0.15, -0.1) is 4.91 Å². The summed E-state index contributed by atoms with van der Waals surface area (Å²) in [4.78, 5) is 34.3. The van der Waals surface area contributed by atoms with Crippen molar-refractivity contribution in [1.29, 1.82) is 0 Å². The molecule has 0 fully saturated rings. The number of carbonyl (C=O) groups excluding carboxylic acids is 2. The van der Waals surface area contributed by atoms with Crippen molar-refractivity contribution in [2.45, 2.75) is 0 Å². The fraction of sp³-hybridized carbons (Fsp3) is 0.111. The molecule has 2 rings (SSSR count). The van der Waals surface area contributed by atoms with Crippen molar-refractivity contribution in [2.75, 3.05) is 13.1 Å². The van der Waals surface area contributed by atoms with Gasteiger partial charge in [0.1, 0.15) is 13.1 Å². The summed E-state index contributed by atoms with van der Waals surface area (Å²) in [7, 11) is 0. The molecule has 2 aromatic carbocycles. The second-order valence-corrected chi connectivity index (χ2v) is 5.31. The first-order valence-electron chi connectivity index (χ1n) is 7.99. The number of amides is 2. The van der Waals surface area contributed by atoms with Crippen LogP contribution in [0.25, 0.3) is 0 Å². The van der Waals surface area contributed by atoms with Gasteiger partial charge in [0.25, 0.3) is 11.8 Å². The average molecular weight is 366 g/mol. The van der Waals surface area contributed by atoms with E-state index in [-0.39, 0.29) is 0 Å². The summed E-state index contributed by atoms with van der Waals surface area (Å²) in [5.41, 5.74) is 6.13. The smallest absolute Gasteiger partial charge is 0.261 e. The number of rotatable bonds is 9. The number of hydrazone groups is 2. The van der Waals surface area contributed by atoms with Crippen LogP contribution >= 0.6 is 0 Å². The quantitative estimate of drug-likeness (QED) is 0.395. The van der Waals surface area contributed by atoms with Crippen LogP contribution in [0, 0.1) is 4.91 Å². The summed E-state index contributed by atoms with van der Waals surface area (Å²) >= 11 is 0. The molecule has 0 aliphatic heterocycles. The molecule has 0 saturated heterocycles. The molecule has 0 atom stereocenters. The summed E-state index contributed by atoms with van der Waals surface area (Å²) in [6, 6.07) is 18.3. The molecule has 0 spiro atoms. The van der Waals surface area contributed by atoms with Crippen molar-refractivity contribution in [3.63, 3.8) is 0 Å². The Kier molecular flexibility index (Phi) is 7.83. The van der Waals surface area contributed by atoms with E-state index in [2.05, 4.69) is 26.3 Å². The molecule has 2 amide bonds. The molecule has 0 aliphatic rings. The second-order valence-electron chi connectivity index (χ2n) is 5.31. The van der Waals surface area contributed by atoms with Crippen molar-refractivity contribution < 1.29 is 9.59 Å². The van der Waals surface area contributed by atoms with E-state index >= 15 is 0 Å². The van der Waals surface area contributed by atoms with E-state index in [4.69, 9.17) is 0 Å². The van der Waals surface area contributed by atoms with Crippen LogP contribution in [-0.4, -0.2) is 42.3 Å². The third-order valence-corrected chi connectivity index (χ3v) is 3.17. The lowest BCUT2D eigenvalue weighted by Crippen LogP contribution is -2.38. The van der Waals surface area contributed by atoms with Gasteiger partial charge in [-0.05, 0) is 11.1 Å². The van der Waals surface area contributed by atoms with Gasteiger partial charge in [0.05, 0.1) is 17.7 Å². The highest BCUT2D eigenvalue weighted by Crippen LogP contribution is 1.94. The Labute approximate surface area is 155 Å². The summed E-state index contributed by atoms with van der Waals surface area (Å²) in [5.74, 6) is -1.16. The number of carbonyl (C=O) groups is 2. The SMILES string of the molecule is O=NN(CC(=O)N/N=C\c1ccccc1)CC(=O)N/N=C\c1ccccc1. The largest absolute Gasteiger partial charge is 0.271 e. The van der Waals surface area contributed by atoms with Gasteiger partial charge in [-0.3, -0.25) is 9.59 Å². The molecule has 0 aliphatic carbocycles. The maximum Gasteiger partial charge on any atom is 0.261 e. The van der Waals surface area contributed by atoms with E-state index in [0.717, 1.165) is 16.1 Å². The average Bonchev–Trinajstić information content (AvgIpc) is 2.69. The molecule has 0 unspecified atom stereocenters. The first-order valence-corrected chi connectivity index (χ1v) is 7.99. The molecule has 9 nitrogen and oxygen atoms in total. The van der Waals surface area contributed by atoms with Gasteiger partial charge in [0, 0.05) is 0 Å². The Morgan fingerprint density at radius 2 is 1.19 bits per heavy atom. The van der Waals surface area contributed by atoms with Crippen LogP contribution in [-0.2, 0) is 9.59 Å². The van der Waals surface area contributed by atoms with E-state index in [1.54, 1.807) is 0 Å². The van der Waals surface area contributed by atoms with Gasteiger partial charge in [0.15, 0.2) is 0 Å². The van der Waals surface area contributed by atoms with E-state index < -0.39 is 24.9 Å². The fourth-order valence-electron chi connectivity index (χ4n) is 1.95. The summed E-state index contributed by atoms with van der Waals surface area (Å²) in [5, 5.41) is 11.0. The molecule has 0 radical (unpaired) electrons. The first kappa shape index (κ1) is 19.4. The maximum atomic E-state index is 11.8. The first-order chi connectivity index (χ1) is 13.2. The summed E-state index contributed by atoms with van der Waals surface area (Å²) < 4.78 is 0. The third-order valence-electron chi connectivity index (χ3n) is 3.17. The van der Waals surface area contributed by atoms with Crippen LogP contribution in [0.4, 0.5) is 0 Å². The lowest BCUT2D eigenvalue weighted by atomic mass is 10.2. The Balaban J connectivity index is 1.74. The molecule has 2 N–H and O–H groups in total. The zero-order chi connectivity index (χ0) is 19.3. The molecule has 9 heteroatoms. The van der Waals surface area contributed by atoms with Gasteiger partial charge in [-0.1, -0.05) is 60.7 Å². The molecule has 0 aromatic heterocycles. The zero-order valence-electron chi connectivity index (χ0n) is 14.4. The third kappa shape index (κ3) is 7.69.